The van der Waals surface area contributed by atoms with Gasteiger partial charge < -0.3 is 10.6 Å². The van der Waals surface area contributed by atoms with Gasteiger partial charge in [0.05, 0.1) is 18.0 Å². The molecule has 0 spiro atoms. The van der Waals surface area contributed by atoms with Gasteiger partial charge in [-0.25, -0.2) is 0 Å². The molecule has 2 aromatic carbocycles. The summed E-state index contributed by atoms with van der Waals surface area (Å²) >= 11 is 0. The monoisotopic (exact) mass is 334 g/mol. The van der Waals surface area contributed by atoms with Gasteiger partial charge in [-0.05, 0) is 24.1 Å². The van der Waals surface area contributed by atoms with Crippen LogP contribution in [-0.4, -0.2) is 25.4 Å². The third-order valence-corrected chi connectivity index (χ3v) is 3.90. The summed E-state index contributed by atoms with van der Waals surface area (Å²) in [5, 5.41) is 5.45. The van der Waals surface area contributed by atoms with E-state index in [1.807, 2.05) is 43.3 Å². The molecule has 0 heterocycles. The van der Waals surface area contributed by atoms with Gasteiger partial charge in [0.1, 0.15) is 0 Å². The molecule has 0 aliphatic carbocycles. The van der Waals surface area contributed by atoms with E-state index >= 15 is 0 Å². The molecule has 2 N–H and O–H groups in total. The molecule has 0 aromatic heterocycles. The van der Waals surface area contributed by atoms with Crippen LogP contribution in [0.1, 0.15) is 40.7 Å². The van der Waals surface area contributed by atoms with Crippen LogP contribution in [0, 0.1) is 11.8 Å². The normalized spacial score (nSPS) is 11.0. The lowest BCUT2D eigenvalue weighted by Crippen LogP contribution is -2.29. The molecule has 0 fully saturated rings. The maximum Gasteiger partial charge on any atom is 0.252 e. The predicted molar refractivity (Wildman–Crippen MR) is 99.2 cm³/mol. The van der Waals surface area contributed by atoms with Gasteiger partial charge >= 0.3 is 0 Å². The molecule has 1 atom stereocenters. The van der Waals surface area contributed by atoms with Crippen molar-refractivity contribution in [3.63, 3.8) is 0 Å². The number of hydrogen-bond acceptors (Lipinski definition) is 2. The Kier molecular flexibility index (Phi) is 6.79. The zero-order chi connectivity index (χ0) is 18.1. The second-order valence-corrected chi connectivity index (χ2v) is 5.52. The van der Waals surface area contributed by atoms with Crippen LogP contribution in [0.25, 0.3) is 0 Å². The molecule has 0 bridgehead atoms. The van der Waals surface area contributed by atoms with Gasteiger partial charge in [0.2, 0.25) is 5.91 Å². The Morgan fingerprint density at radius 2 is 1.72 bits per heavy atom. The van der Waals surface area contributed by atoms with E-state index < -0.39 is 0 Å². The molecule has 1 unspecified atom stereocenters. The van der Waals surface area contributed by atoms with Crippen molar-refractivity contribution >= 4 is 11.8 Å². The lowest BCUT2D eigenvalue weighted by molar-refractivity contribution is -0.122. The fourth-order valence-corrected chi connectivity index (χ4v) is 2.58. The van der Waals surface area contributed by atoms with E-state index in [1.165, 1.54) is 0 Å². The van der Waals surface area contributed by atoms with E-state index in [1.54, 1.807) is 25.2 Å². The standard InChI is InChI=1S/C21H22N2O2/c1-3-18(16-10-5-4-6-11-16)21(25)23-15-9-13-17-12-7-8-14-19(17)20(24)22-2/h4-8,10-12,14,18H,3,15H2,1-2H3,(H,22,24)(H,23,25). The first-order valence-electron chi connectivity index (χ1n) is 8.30. The first kappa shape index (κ1) is 18.3. The fraction of sp³-hybridized carbons (Fsp3) is 0.238. The first-order chi connectivity index (χ1) is 12.2. The van der Waals surface area contributed by atoms with Crippen molar-refractivity contribution in [1.29, 1.82) is 0 Å². The molecule has 0 aliphatic heterocycles. The molecule has 0 radical (unpaired) electrons. The second-order valence-electron chi connectivity index (χ2n) is 5.52. The van der Waals surface area contributed by atoms with Crippen molar-refractivity contribution in [3.05, 3.63) is 71.3 Å². The summed E-state index contributed by atoms with van der Waals surface area (Å²) in [7, 11) is 1.58. The van der Waals surface area contributed by atoms with Crippen LogP contribution in [0.15, 0.2) is 54.6 Å². The third kappa shape index (κ3) is 4.95. The lowest BCUT2D eigenvalue weighted by Gasteiger charge is -2.14. The molecule has 2 aromatic rings. The second kappa shape index (κ2) is 9.29. The van der Waals surface area contributed by atoms with Gasteiger partial charge in [-0.1, -0.05) is 61.2 Å². The Morgan fingerprint density at radius 1 is 1.04 bits per heavy atom. The van der Waals surface area contributed by atoms with Gasteiger partial charge in [0.15, 0.2) is 0 Å². The third-order valence-electron chi connectivity index (χ3n) is 3.90. The summed E-state index contributed by atoms with van der Waals surface area (Å²) in [6.07, 6.45) is 0.725. The van der Waals surface area contributed by atoms with E-state index in [-0.39, 0.29) is 24.3 Å². The van der Waals surface area contributed by atoms with Crippen molar-refractivity contribution in [3.8, 4) is 11.8 Å². The molecule has 0 saturated carbocycles. The highest BCUT2D eigenvalue weighted by atomic mass is 16.2. The van der Waals surface area contributed by atoms with Crippen molar-refractivity contribution in [2.75, 3.05) is 13.6 Å². The Hall–Kier alpha value is -3.06. The number of rotatable bonds is 5. The Balaban J connectivity index is 2.01. The predicted octanol–water partition coefficient (Wildman–Crippen LogP) is 2.71. The van der Waals surface area contributed by atoms with Crippen LogP contribution in [0.2, 0.25) is 0 Å². The maximum atomic E-state index is 12.4. The zero-order valence-electron chi connectivity index (χ0n) is 14.5. The minimum atomic E-state index is -0.179. The largest absolute Gasteiger partial charge is 0.355 e. The zero-order valence-corrected chi connectivity index (χ0v) is 14.5. The minimum absolute atomic E-state index is 0.0393. The number of nitrogens with one attached hydrogen (secondary N) is 2. The van der Waals surface area contributed by atoms with Crippen molar-refractivity contribution in [2.24, 2.45) is 0 Å². The van der Waals surface area contributed by atoms with Crippen LogP contribution in [0.3, 0.4) is 0 Å². The summed E-state index contributed by atoms with van der Waals surface area (Å²) in [4.78, 5) is 24.2. The van der Waals surface area contributed by atoms with Gasteiger partial charge in [-0.3, -0.25) is 9.59 Å². The molecule has 128 valence electrons. The summed E-state index contributed by atoms with van der Waals surface area (Å²) < 4.78 is 0. The van der Waals surface area contributed by atoms with Crippen LogP contribution < -0.4 is 10.6 Å². The molecule has 2 rings (SSSR count). The smallest absolute Gasteiger partial charge is 0.252 e. The Bertz CT molecular complexity index is 788. The highest BCUT2D eigenvalue weighted by Crippen LogP contribution is 2.18. The highest BCUT2D eigenvalue weighted by Gasteiger charge is 2.17. The fourth-order valence-electron chi connectivity index (χ4n) is 2.58. The minimum Gasteiger partial charge on any atom is -0.355 e. The van der Waals surface area contributed by atoms with E-state index in [4.69, 9.17) is 0 Å². The molecule has 4 heteroatoms. The van der Waals surface area contributed by atoms with E-state index in [2.05, 4.69) is 22.5 Å². The van der Waals surface area contributed by atoms with Crippen molar-refractivity contribution in [1.82, 2.24) is 10.6 Å². The van der Waals surface area contributed by atoms with Crippen LogP contribution >= 0.6 is 0 Å². The molecule has 0 saturated heterocycles. The molecular weight excluding hydrogens is 312 g/mol. The molecule has 4 nitrogen and oxygen atoms in total. The molecular formula is C21H22N2O2. The van der Waals surface area contributed by atoms with Crippen molar-refractivity contribution in [2.45, 2.75) is 19.3 Å². The quantitative estimate of drug-likeness (QED) is 0.826. The highest BCUT2D eigenvalue weighted by molar-refractivity contribution is 5.96. The van der Waals surface area contributed by atoms with Crippen LogP contribution in [0.5, 0.6) is 0 Å². The van der Waals surface area contributed by atoms with Gasteiger partial charge in [0, 0.05) is 12.6 Å². The van der Waals surface area contributed by atoms with Crippen LogP contribution in [0.4, 0.5) is 0 Å². The molecule has 25 heavy (non-hydrogen) atoms. The summed E-state index contributed by atoms with van der Waals surface area (Å²) in [6, 6.07) is 16.9. The summed E-state index contributed by atoms with van der Waals surface area (Å²) in [5.74, 6) is 5.48. The average molecular weight is 334 g/mol. The van der Waals surface area contributed by atoms with Gasteiger partial charge in [-0.2, -0.15) is 0 Å². The Morgan fingerprint density at radius 3 is 2.40 bits per heavy atom. The topological polar surface area (TPSA) is 58.2 Å². The van der Waals surface area contributed by atoms with E-state index in [0.29, 0.717) is 11.1 Å². The van der Waals surface area contributed by atoms with Gasteiger partial charge in [0.25, 0.3) is 5.91 Å². The molecule has 2 amide bonds. The number of carbonyl (C=O) groups excluding carboxylic acids is 2. The average Bonchev–Trinajstić information content (AvgIpc) is 2.66. The van der Waals surface area contributed by atoms with E-state index in [0.717, 1.165) is 12.0 Å². The van der Waals surface area contributed by atoms with E-state index in [9.17, 15) is 9.59 Å². The first-order valence-corrected chi connectivity index (χ1v) is 8.30. The lowest BCUT2D eigenvalue weighted by atomic mass is 9.96. The summed E-state index contributed by atoms with van der Waals surface area (Å²) in [5.41, 5.74) is 2.17. The number of carbonyl (C=O) groups is 2. The van der Waals surface area contributed by atoms with Crippen LogP contribution in [-0.2, 0) is 4.79 Å². The van der Waals surface area contributed by atoms with Gasteiger partial charge in [-0.15, -0.1) is 0 Å². The molecule has 0 aliphatic rings. The van der Waals surface area contributed by atoms with Crippen molar-refractivity contribution < 1.29 is 9.59 Å². The number of amides is 2. The number of hydrogen-bond donors (Lipinski definition) is 2. The Labute approximate surface area is 148 Å². The summed E-state index contributed by atoms with van der Waals surface area (Å²) in [6.45, 7) is 2.23. The maximum absolute atomic E-state index is 12.4. The SMILES string of the molecule is CCC(C(=O)NCC#Cc1ccccc1C(=O)NC)c1ccccc1. The number of benzene rings is 2.